The second kappa shape index (κ2) is 8.10. The SMILES string of the molecule is COc1ccc(C(c2ccc(OC)cc2)N2C=CC(=O)NC2n2cccn2)cc1. The minimum Gasteiger partial charge on any atom is -0.497 e. The maximum atomic E-state index is 12.1. The van der Waals surface area contributed by atoms with Crippen LogP contribution in [0.5, 0.6) is 11.5 Å². The van der Waals surface area contributed by atoms with E-state index in [1.54, 1.807) is 25.1 Å². The molecule has 3 aromatic rings. The number of carbonyl (C=O) groups excluding carboxylic acids is 1. The lowest BCUT2D eigenvalue weighted by molar-refractivity contribution is -0.121. The first-order chi connectivity index (χ1) is 14.2. The third-order valence-electron chi connectivity index (χ3n) is 4.89. The Kier molecular flexibility index (Phi) is 5.20. The van der Waals surface area contributed by atoms with Gasteiger partial charge < -0.3 is 19.7 Å². The van der Waals surface area contributed by atoms with E-state index in [1.807, 2.05) is 67.0 Å². The number of nitrogens with zero attached hydrogens (tertiary/aromatic N) is 3. The number of hydrogen-bond donors (Lipinski definition) is 1. The monoisotopic (exact) mass is 390 g/mol. The molecule has 1 N–H and O–H groups in total. The fraction of sp³-hybridized carbons (Fsp3) is 0.182. The van der Waals surface area contributed by atoms with Crippen molar-refractivity contribution in [2.24, 2.45) is 0 Å². The average molecular weight is 390 g/mol. The molecule has 0 aliphatic carbocycles. The van der Waals surface area contributed by atoms with E-state index in [0.29, 0.717) is 0 Å². The topological polar surface area (TPSA) is 68.6 Å². The van der Waals surface area contributed by atoms with Gasteiger partial charge in [-0.15, -0.1) is 0 Å². The number of benzene rings is 2. The van der Waals surface area contributed by atoms with Crippen molar-refractivity contribution >= 4 is 5.91 Å². The summed E-state index contributed by atoms with van der Waals surface area (Å²) in [4.78, 5) is 14.1. The van der Waals surface area contributed by atoms with Crippen LogP contribution in [-0.2, 0) is 4.79 Å². The first-order valence-corrected chi connectivity index (χ1v) is 9.23. The van der Waals surface area contributed by atoms with Gasteiger partial charge in [-0.3, -0.25) is 4.79 Å². The van der Waals surface area contributed by atoms with Gasteiger partial charge in [0.05, 0.1) is 20.3 Å². The maximum Gasteiger partial charge on any atom is 0.248 e. The van der Waals surface area contributed by atoms with E-state index in [4.69, 9.17) is 9.47 Å². The molecule has 2 heterocycles. The molecule has 0 bridgehead atoms. The van der Waals surface area contributed by atoms with Gasteiger partial charge in [-0.2, -0.15) is 5.10 Å². The summed E-state index contributed by atoms with van der Waals surface area (Å²) < 4.78 is 12.3. The predicted molar refractivity (Wildman–Crippen MR) is 108 cm³/mol. The molecule has 7 nitrogen and oxygen atoms in total. The van der Waals surface area contributed by atoms with Crippen LogP contribution >= 0.6 is 0 Å². The van der Waals surface area contributed by atoms with Gasteiger partial charge in [0, 0.05) is 24.7 Å². The van der Waals surface area contributed by atoms with Crippen molar-refractivity contribution in [1.29, 1.82) is 0 Å². The van der Waals surface area contributed by atoms with Crippen LogP contribution in [0.15, 0.2) is 79.3 Å². The quantitative estimate of drug-likeness (QED) is 0.701. The number of amides is 1. The third-order valence-corrected chi connectivity index (χ3v) is 4.89. The molecule has 0 spiro atoms. The second-order valence-corrected chi connectivity index (χ2v) is 6.58. The highest BCUT2D eigenvalue weighted by atomic mass is 16.5. The van der Waals surface area contributed by atoms with Crippen LogP contribution in [0.3, 0.4) is 0 Å². The Bertz CT molecular complexity index is 934. The molecule has 1 atom stereocenters. The van der Waals surface area contributed by atoms with Crippen molar-refractivity contribution in [2.75, 3.05) is 14.2 Å². The molecule has 1 aliphatic heterocycles. The minimum absolute atomic E-state index is 0.162. The van der Waals surface area contributed by atoms with Gasteiger partial charge in [0.1, 0.15) is 11.5 Å². The number of ether oxygens (including phenoxy) is 2. The van der Waals surface area contributed by atoms with E-state index in [1.165, 1.54) is 6.08 Å². The van der Waals surface area contributed by atoms with Gasteiger partial charge >= 0.3 is 0 Å². The summed E-state index contributed by atoms with van der Waals surface area (Å²) >= 11 is 0. The van der Waals surface area contributed by atoms with Crippen LogP contribution in [0.25, 0.3) is 0 Å². The molecule has 0 saturated heterocycles. The highest BCUT2D eigenvalue weighted by Gasteiger charge is 2.31. The number of methoxy groups -OCH3 is 2. The van der Waals surface area contributed by atoms with Crippen LogP contribution in [0, 0.1) is 0 Å². The first-order valence-electron chi connectivity index (χ1n) is 9.23. The molecule has 0 radical (unpaired) electrons. The standard InChI is InChI=1S/C22H22N4O3/c1-28-18-8-4-16(5-9-18)21(17-6-10-19(29-2)11-7-17)25-15-12-20(27)24-22(25)26-14-3-13-23-26/h3-15,21-22H,1-2H3,(H,24,27). The fourth-order valence-corrected chi connectivity index (χ4v) is 3.45. The molecule has 1 unspecified atom stereocenters. The number of hydrogen-bond acceptors (Lipinski definition) is 5. The van der Waals surface area contributed by atoms with Gasteiger partial charge in [-0.1, -0.05) is 24.3 Å². The molecule has 148 valence electrons. The van der Waals surface area contributed by atoms with Crippen molar-refractivity contribution in [3.05, 3.63) is 90.4 Å². The second-order valence-electron chi connectivity index (χ2n) is 6.58. The zero-order chi connectivity index (χ0) is 20.2. The summed E-state index contributed by atoms with van der Waals surface area (Å²) in [6, 6.07) is 17.5. The van der Waals surface area contributed by atoms with Gasteiger partial charge in [0.2, 0.25) is 12.2 Å². The predicted octanol–water partition coefficient (Wildman–Crippen LogP) is 3.09. The lowest BCUT2D eigenvalue weighted by Gasteiger charge is -2.40. The summed E-state index contributed by atoms with van der Waals surface area (Å²) in [7, 11) is 3.29. The molecule has 2 aromatic carbocycles. The Morgan fingerprint density at radius 2 is 1.55 bits per heavy atom. The number of carbonyl (C=O) groups is 1. The zero-order valence-electron chi connectivity index (χ0n) is 16.2. The summed E-state index contributed by atoms with van der Waals surface area (Å²) in [5, 5.41) is 7.32. The van der Waals surface area contributed by atoms with Gasteiger partial charge in [-0.05, 0) is 41.5 Å². The average Bonchev–Trinajstić information content (AvgIpc) is 3.31. The molecular formula is C22H22N4O3. The van der Waals surface area contributed by atoms with Crippen LogP contribution < -0.4 is 14.8 Å². The van der Waals surface area contributed by atoms with E-state index in [-0.39, 0.29) is 11.9 Å². The Labute approximate surface area is 169 Å². The van der Waals surface area contributed by atoms with Crippen LogP contribution in [0.2, 0.25) is 0 Å². The minimum atomic E-state index is -0.461. The highest BCUT2D eigenvalue weighted by Crippen LogP contribution is 2.35. The lowest BCUT2D eigenvalue weighted by atomic mass is 9.96. The molecule has 1 amide bonds. The van der Waals surface area contributed by atoms with Crippen LogP contribution in [0.1, 0.15) is 23.5 Å². The van der Waals surface area contributed by atoms with Crippen molar-refractivity contribution in [2.45, 2.75) is 12.3 Å². The molecule has 7 heteroatoms. The summed E-state index contributed by atoms with van der Waals surface area (Å²) in [6.07, 6.45) is 6.40. The maximum absolute atomic E-state index is 12.1. The van der Waals surface area contributed by atoms with E-state index in [9.17, 15) is 4.79 Å². The number of nitrogens with one attached hydrogen (secondary N) is 1. The molecule has 0 fully saturated rings. The molecule has 0 saturated carbocycles. The van der Waals surface area contributed by atoms with Crippen molar-refractivity contribution in [3.63, 3.8) is 0 Å². The van der Waals surface area contributed by atoms with Gasteiger partial charge in [-0.25, -0.2) is 4.68 Å². The number of rotatable bonds is 6. The smallest absolute Gasteiger partial charge is 0.248 e. The van der Waals surface area contributed by atoms with Crippen LogP contribution in [-0.4, -0.2) is 34.8 Å². The Morgan fingerprint density at radius 3 is 2.03 bits per heavy atom. The normalized spacial score (nSPS) is 16.0. The third kappa shape index (κ3) is 3.80. The Balaban J connectivity index is 1.81. The molecule has 1 aromatic heterocycles. The van der Waals surface area contributed by atoms with Crippen LogP contribution in [0.4, 0.5) is 0 Å². The van der Waals surface area contributed by atoms with Crippen molar-refractivity contribution in [1.82, 2.24) is 20.0 Å². The summed E-state index contributed by atoms with van der Waals surface area (Å²) in [6.45, 7) is 0. The van der Waals surface area contributed by atoms with Crippen molar-refractivity contribution < 1.29 is 14.3 Å². The van der Waals surface area contributed by atoms with E-state index in [0.717, 1.165) is 22.6 Å². The first kappa shape index (κ1) is 18.6. The van der Waals surface area contributed by atoms with Gasteiger partial charge in [0.15, 0.2) is 0 Å². The van der Waals surface area contributed by atoms with E-state index in [2.05, 4.69) is 15.3 Å². The molecule has 1 aliphatic rings. The fourth-order valence-electron chi connectivity index (χ4n) is 3.45. The summed E-state index contributed by atoms with van der Waals surface area (Å²) in [5.41, 5.74) is 2.10. The van der Waals surface area contributed by atoms with Gasteiger partial charge in [0.25, 0.3) is 0 Å². The zero-order valence-corrected chi connectivity index (χ0v) is 16.2. The Hall–Kier alpha value is -3.74. The molecule has 29 heavy (non-hydrogen) atoms. The summed E-state index contributed by atoms with van der Waals surface area (Å²) in [5.74, 6) is 1.41. The van der Waals surface area contributed by atoms with E-state index >= 15 is 0 Å². The van der Waals surface area contributed by atoms with E-state index < -0.39 is 6.29 Å². The highest BCUT2D eigenvalue weighted by molar-refractivity contribution is 5.88. The van der Waals surface area contributed by atoms with Crippen molar-refractivity contribution in [3.8, 4) is 11.5 Å². The number of aromatic nitrogens is 2. The molecule has 4 rings (SSSR count). The molecular weight excluding hydrogens is 368 g/mol. The lowest BCUT2D eigenvalue weighted by Crippen LogP contribution is -2.46. The largest absolute Gasteiger partial charge is 0.497 e. The Morgan fingerprint density at radius 1 is 0.966 bits per heavy atom.